The summed E-state index contributed by atoms with van der Waals surface area (Å²) >= 11 is 3.22. The molecule has 0 radical (unpaired) electrons. The van der Waals surface area contributed by atoms with Gasteiger partial charge in [0.15, 0.2) is 0 Å². The normalized spacial score (nSPS) is 13.3. The van der Waals surface area contributed by atoms with Crippen molar-refractivity contribution in [3.8, 4) is 0 Å². The van der Waals surface area contributed by atoms with Gasteiger partial charge in [-0.05, 0) is 62.7 Å². The molecule has 0 saturated carbocycles. The van der Waals surface area contributed by atoms with Crippen LogP contribution in [0.15, 0.2) is 46.5 Å². The van der Waals surface area contributed by atoms with E-state index < -0.39 is 0 Å². The fourth-order valence-electron chi connectivity index (χ4n) is 3.12. The fraction of sp³-hybridized carbons (Fsp3) is 0.273. The molecule has 0 atom stereocenters. The number of rotatable bonds is 5. The van der Waals surface area contributed by atoms with Crippen LogP contribution >= 0.6 is 23.5 Å². The maximum atomic E-state index is 4.63. The van der Waals surface area contributed by atoms with Crippen molar-refractivity contribution in [3.63, 3.8) is 0 Å². The predicted molar refractivity (Wildman–Crippen MR) is 129 cm³/mol. The summed E-state index contributed by atoms with van der Waals surface area (Å²) in [6.07, 6.45) is 0. The van der Waals surface area contributed by atoms with Crippen molar-refractivity contribution in [2.75, 3.05) is 22.9 Å². The van der Waals surface area contributed by atoms with E-state index in [1.54, 1.807) is 11.8 Å². The first-order valence-electron chi connectivity index (χ1n) is 9.76. The molecule has 3 aromatic rings. The number of aromatic nitrogens is 3. The molecular formula is C22H24N6S2. The van der Waals surface area contributed by atoms with Crippen LogP contribution < -0.4 is 10.6 Å². The van der Waals surface area contributed by atoms with E-state index in [0.29, 0.717) is 17.1 Å². The van der Waals surface area contributed by atoms with Crippen LogP contribution in [0.25, 0.3) is 0 Å². The highest BCUT2D eigenvalue weighted by atomic mass is 32.2. The molecule has 154 valence electrons. The van der Waals surface area contributed by atoms with E-state index in [0.717, 1.165) is 39.2 Å². The molecule has 4 rings (SSSR count). The second-order valence-electron chi connectivity index (χ2n) is 7.25. The lowest BCUT2D eigenvalue weighted by Gasteiger charge is -2.13. The molecular weight excluding hydrogens is 412 g/mol. The Morgan fingerprint density at radius 1 is 0.800 bits per heavy atom. The molecule has 2 aromatic carbocycles. The summed E-state index contributed by atoms with van der Waals surface area (Å²) in [5, 5.41) is 7.33. The Morgan fingerprint density at radius 2 is 1.37 bits per heavy atom. The number of aryl methyl sites for hydroxylation is 4. The van der Waals surface area contributed by atoms with Crippen LogP contribution in [0.5, 0.6) is 0 Å². The van der Waals surface area contributed by atoms with Gasteiger partial charge in [-0.15, -0.1) is 0 Å². The van der Waals surface area contributed by atoms with Crippen LogP contribution in [0.4, 0.5) is 23.3 Å². The van der Waals surface area contributed by atoms with Gasteiger partial charge in [0.05, 0.1) is 6.54 Å². The maximum Gasteiger partial charge on any atom is 0.233 e. The first-order chi connectivity index (χ1) is 14.5. The number of hydrogen-bond acceptors (Lipinski definition) is 8. The van der Waals surface area contributed by atoms with E-state index in [-0.39, 0.29) is 0 Å². The van der Waals surface area contributed by atoms with Gasteiger partial charge in [-0.3, -0.25) is 4.99 Å². The minimum Gasteiger partial charge on any atom is -0.324 e. The number of hydrogen-bond donors (Lipinski definition) is 2. The van der Waals surface area contributed by atoms with Crippen molar-refractivity contribution in [1.82, 2.24) is 15.0 Å². The zero-order valence-electron chi connectivity index (χ0n) is 17.5. The molecule has 6 nitrogen and oxygen atoms in total. The van der Waals surface area contributed by atoms with Gasteiger partial charge in [0.25, 0.3) is 0 Å². The zero-order chi connectivity index (χ0) is 21.1. The average Bonchev–Trinajstić information content (AvgIpc) is 3.19. The number of nitrogens with zero attached hydrogens (tertiary/aromatic N) is 4. The number of thioether (sulfide) groups is 2. The average molecular weight is 437 g/mol. The molecule has 0 fully saturated rings. The molecule has 0 amide bonds. The van der Waals surface area contributed by atoms with Gasteiger partial charge in [-0.1, -0.05) is 47.2 Å². The zero-order valence-corrected chi connectivity index (χ0v) is 19.1. The van der Waals surface area contributed by atoms with Gasteiger partial charge in [-0.2, -0.15) is 15.0 Å². The van der Waals surface area contributed by atoms with Gasteiger partial charge < -0.3 is 10.6 Å². The van der Waals surface area contributed by atoms with Crippen LogP contribution in [0.1, 0.15) is 22.3 Å². The van der Waals surface area contributed by atoms with Crippen LogP contribution in [-0.4, -0.2) is 31.6 Å². The Labute approximate surface area is 185 Å². The third-order valence-corrected chi connectivity index (χ3v) is 6.64. The summed E-state index contributed by atoms with van der Waals surface area (Å²) in [4.78, 5) is 18.4. The highest BCUT2D eigenvalue weighted by molar-refractivity contribution is 8.39. The summed E-state index contributed by atoms with van der Waals surface area (Å²) < 4.78 is 0.996. The van der Waals surface area contributed by atoms with E-state index >= 15 is 0 Å². The van der Waals surface area contributed by atoms with Crippen LogP contribution in [0.3, 0.4) is 0 Å². The summed E-state index contributed by atoms with van der Waals surface area (Å²) in [5.41, 5.74) is 6.69. The van der Waals surface area contributed by atoms with Gasteiger partial charge in [-0.25, -0.2) is 0 Å². The number of nitrogens with one attached hydrogen (secondary N) is 2. The Hall–Kier alpha value is -2.58. The second-order valence-corrected chi connectivity index (χ2v) is 9.55. The Balaban J connectivity index is 1.66. The lowest BCUT2D eigenvalue weighted by molar-refractivity contribution is 0.923. The molecule has 2 N–H and O–H groups in total. The lowest BCUT2D eigenvalue weighted by atomic mass is 10.1. The number of anilines is 4. The molecule has 0 aliphatic carbocycles. The molecule has 1 aliphatic heterocycles. The Morgan fingerprint density at radius 3 is 1.83 bits per heavy atom. The van der Waals surface area contributed by atoms with Crippen molar-refractivity contribution >= 4 is 51.2 Å². The standard InChI is InChI=1S/C22H24N6S2/c1-13-5-7-17(15(3)11-13)24-19-26-20(25-18-8-6-14(2)12-16(18)4)28-21(27-19)30-22-23-9-10-29-22/h5-8,11-12H,9-10H2,1-4H3,(H2,24,25,26,27,28). The van der Waals surface area contributed by atoms with Crippen molar-refractivity contribution in [2.24, 2.45) is 4.99 Å². The maximum absolute atomic E-state index is 4.63. The number of aliphatic imine (C=N–C) groups is 1. The van der Waals surface area contributed by atoms with Crippen LogP contribution in [0, 0.1) is 27.7 Å². The molecule has 0 bridgehead atoms. The van der Waals surface area contributed by atoms with Crippen LogP contribution in [0.2, 0.25) is 0 Å². The van der Waals surface area contributed by atoms with Crippen molar-refractivity contribution in [1.29, 1.82) is 0 Å². The first kappa shape index (κ1) is 20.7. The molecule has 2 heterocycles. The van der Waals surface area contributed by atoms with Crippen LogP contribution in [-0.2, 0) is 0 Å². The topological polar surface area (TPSA) is 75.1 Å². The van der Waals surface area contributed by atoms with Crippen molar-refractivity contribution in [2.45, 2.75) is 32.9 Å². The minimum atomic E-state index is 0.510. The molecule has 0 spiro atoms. The molecule has 0 saturated heterocycles. The van der Waals surface area contributed by atoms with E-state index in [1.165, 1.54) is 22.9 Å². The van der Waals surface area contributed by atoms with Gasteiger partial charge in [0.2, 0.25) is 17.1 Å². The van der Waals surface area contributed by atoms with E-state index in [2.05, 4.69) is 94.7 Å². The predicted octanol–water partition coefficient (Wildman–Crippen LogP) is 5.79. The van der Waals surface area contributed by atoms with Crippen molar-refractivity contribution in [3.05, 3.63) is 58.7 Å². The van der Waals surface area contributed by atoms with Crippen molar-refractivity contribution < 1.29 is 0 Å². The summed E-state index contributed by atoms with van der Waals surface area (Å²) in [5.74, 6) is 2.03. The SMILES string of the molecule is Cc1ccc(Nc2nc(Nc3ccc(C)cc3C)nc(SC3=NCCS3)n2)c(C)c1. The minimum absolute atomic E-state index is 0.510. The largest absolute Gasteiger partial charge is 0.324 e. The lowest BCUT2D eigenvalue weighted by Crippen LogP contribution is -2.07. The molecule has 0 unspecified atom stereocenters. The quantitative estimate of drug-likeness (QED) is 0.524. The highest BCUT2D eigenvalue weighted by Gasteiger charge is 2.15. The monoisotopic (exact) mass is 436 g/mol. The van der Waals surface area contributed by atoms with Gasteiger partial charge in [0, 0.05) is 17.1 Å². The van der Waals surface area contributed by atoms with Gasteiger partial charge >= 0.3 is 0 Å². The van der Waals surface area contributed by atoms with E-state index in [4.69, 9.17) is 0 Å². The smallest absolute Gasteiger partial charge is 0.233 e. The van der Waals surface area contributed by atoms with Gasteiger partial charge in [0.1, 0.15) is 4.38 Å². The van der Waals surface area contributed by atoms with E-state index in [1.807, 2.05) is 0 Å². The molecule has 30 heavy (non-hydrogen) atoms. The highest BCUT2D eigenvalue weighted by Crippen LogP contribution is 2.29. The summed E-state index contributed by atoms with van der Waals surface area (Å²) in [7, 11) is 0. The molecule has 8 heteroatoms. The Bertz CT molecular complexity index is 1040. The number of benzene rings is 2. The molecule has 1 aliphatic rings. The Kier molecular flexibility index (Phi) is 6.24. The third kappa shape index (κ3) is 5.12. The fourth-order valence-corrected chi connectivity index (χ4v) is 4.94. The van der Waals surface area contributed by atoms with E-state index in [9.17, 15) is 0 Å². The third-order valence-electron chi connectivity index (χ3n) is 4.61. The summed E-state index contributed by atoms with van der Waals surface area (Å²) in [6, 6.07) is 12.5. The molecule has 1 aromatic heterocycles. The second kappa shape index (κ2) is 9.06. The first-order valence-corrected chi connectivity index (χ1v) is 11.6. The summed E-state index contributed by atoms with van der Waals surface area (Å²) in [6.45, 7) is 9.16.